The fourth-order valence-corrected chi connectivity index (χ4v) is 1.91. The number of halogens is 1. The number of nitrogen functional groups attached to an aromatic ring is 1. The van der Waals surface area contributed by atoms with Gasteiger partial charge in [0, 0.05) is 36.1 Å². The largest absolute Gasteiger partial charge is 0.396 e. The Balaban J connectivity index is 2.25. The van der Waals surface area contributed by atoms with E-state index in [0.29, 0.717) is 11.5 Å². The van der Waals surface area contributed by atoms with Gasteiger partial charge in [-0.25, -0.2) is 4.98 Å². The second kappa shape index (κ2) is 5.27. The highest BCUT2D eigenvalue weighted by Gasteiger charge is 2.03. The Morgan fingerprint density at radius 1 is 1.28 bits per heavy atom. The highest BCUT2D eigenvalue weighted by molar-refractivity contribution is 9.10. The normalized spacial score (nSPS) is 10.2. The zero-order chi connectivity index (χ0) is 13.1. The van der Waals surface area contributed by atoms with Crippen LogP contribution in [0.5, 0.6) is 0 Å². The molecule has 0 amide bonds. The van der Waals surface area contributed by atoms with Crippen LogP contribution in [-0.2, 0) is 0 Å². The predicted octanol–water partition coefficient (Wildman–Crippen LogP) is 3.24. The highest BCUT2D eigenvalue weighted by atomic mass is 79.9. The number of rotatable bonds is 3. The van der Waals surface area contributed by atoms with Crippen molar-refractivity contribution < 1.29 is 0 Å². The van der Waals surface area contributed by atoms with Crippen molar-refractivity contribution in [3.8, 4) is 0 Å². The molecule has 0 aliphatic heterocycles. The van der Waals surface area contributed by atoms with Crippen molar-refractivity contribution in [3.05, 3.63) is 41.0 Å². The van der Waals surface area contributed by atoms with E-state index in [4.69, 9.17) is 5.73 Å². The van der Waals surface area contributed by atoms with E-state index >= 15 is 0 Å². The van der Waals surface area contributed by atoms with E-state index in [1.54, 1.807) is 6.20 Å². The molecule has 1 heterocycles. The topological polar surface area (TPSA) is 54.2 Å². The molecule has 1 aromatic carbocycles. The first-order valence-corrected chi connectivity index (χ1v) is 6.31. The van der Waals surface area contributed by atoms with E-state index in [1.165, 1.54) is 0 Å². The lowest BCUT2D eigenvalue weighted by Gasteiger charge is -2.14. The monoisotopic (exact) mass is 306 g/mol. The van der Waals surface area contributed by atoms with Gasteiger partial charge >= 0.3 is 0 Å². The SMILES string of the molecule is CN(C)c1cccc(Nc2ncc(Br)cc2N)c1. The number of hydrogen-bond donors (Lipinski definition) is 2. The lowest BCUT2D eigenvalue weighted by atomic mass is 10.2. The first kappa shape index (κ1) is 12.7. The number of benzene rings is 1. The maximum absolute atomic E-state index is 5.90. The van der Waals surface area contributed by atoms with E-state index in [9.17, 15) is 0 Å². The molecular formula is C13H15BrN4. The lowest BCUT2D eigenvalue weighted by Crippen LogP contribution is -2.08. The molecule has 2 aromatic rings. The van der Waals surface area contributed by atoms with Gasteiger partial charge in [-0.3, -0.25) is 0 Å². The smallest absolute Gasteiger partial charge is 0.153 e. The third-order valence-corrected chi connectivity index (χ3v) is 2.94. The molecule has 0 radical (unpaired) electrons. The van der Waals surface area contributed by atoms with Crippen LogP contribution in [0.1, 0.15) is 0 Å². The number of anilines is 4. The van der Waals surface area contributed by atoms with Crippen LogP contribution < -0.4 is 16.0 Å². The molecule has 18 heavy (non-hydrogen) atoms. The molecule has 0 aliphatic rings. The van der Waals surface area contributed by atoms with Gasteiger partial charge in [-0.05, 0) is 40.2 Å². The van der Waals surface area contributed by atoms with Crippen LogP contribution in [0.4, 0.5) is 22.9 Å². The van der Waals surface area contributed by atoms with Crippen LogP contribution in [0.15, 0.2) is 41.0 Å². The van der Waals surface area contributed by atoms with Crippen molar-refractivity contribution in [2.24, 2.45) is 0 Å². The standard InChI is InChI=1S/C13H15BrN4/c1-18(2)11-5-3-4-10(7-11)17-13-12(15)6-9(14)8-16-13/h3-8H,15H2,1-2H3,(H,16,17). The minimum atomic E-state index is 0.611. The number of nitrogens with one attached hydrogen (secondary N) is 1. The number of aromatic nitrogens is 1. The lowest BCUT2D eigenvalue weighted by molar-refractivity contribution is 1.13. The molecule has 1 aromatic heterocycles. The predicted molar refractivity (Wildman–Crippen MR) is 80.4 cm³/mol. The van der Waals surface area contributed by atoms with Crippen LogP contribution in [0, 0.1) is 0 Å². The van der Waals surface area contributed by atoms with E-state index < -0.39 is 0 Å². The molecule has 3 N–H and O–H groups in total. The Morgan fingerprint density at radius 2 is 2.06 bits per heavy atom. The van der Waals surface area contributed by atoms with Crippen molar-refractivity contribution in [1.82, 2.24) is 4.98 Å². The maximum atomic E-state index is 5.90. The van der Waals surface area contributed by atoms with Crippen LogP contribution in [-0.4, -0.2) is 19.1 Å². The van der Waals surface area contributed by atoms with Gasteiger partial charge in [0.2, 0.25) is 0 Å². The molecule has 94 valence electrons. The minimum absolute atomic E-state index is 0.611. The Labute approximate surface area is 115 Å². The van der Waals surface area contributed by atoms with Crippen LogP contribution in [0.2, 0.25) is 0 Å². The molecule has 0 saturated heterocycles. The summed E-state index contributed by atoms with van der Waals surface area (Å²) in [6, 6.07) is 9.89. The third-order valence-electron chi connectivity index (χ3n) is 2.51. The van der Waals surface area contributed by atoms with Crippen molar-refractivity contribution >= 4 is 38.8 Å². The number of pyridine rings is 1. The molecule has 2 rings (SSSR count). The Hall–Kier alpha value is -1.75. The summed E-state index contributed by atoms with van der Waals surface area (Å²) in [5, 5.41) is 3.21. The van der Waals surface area contributed by atoms with E-state index in [0.717, 1.165) is 15.8 Å². The molecule has 4 nitrogen and oxygen atoms in total. The van der Waals surface area contributed by atoms with Gasteiger partial charge in [0.05, 0.1) is 5.69 Å². The zero-order valence-corrected chi connectivity index (χ0v) is 11.9. The van der Waals surface area contributed by atoms with Crippen molar-refractivity contribution in [3.63, 3.8) is 0 Å². The fraction of sp³-hybridized carbons (Fsp3) is 0.154. The molecule has 0 saturated carbocycles. The highest BCUT2D eigenvalue weighted by Crippen LogP contribution is 2.25. The molecule has 0 aliphatic carbocycles. The van der Waals surface area contributed by atoms with Gasteiger partial charge in [-0.1, -0.05) is 6.07 Å². The minimum Gasteiger partial charge on any atom is -0.396 e. The summed E-state index contributed by atoms with van der Waals surface area (Å²) in [5.74, 6) is 0.661. The summed E-state index contributed by atoms with van der Waals surface area (Å²) in [5.41, 5.74) is 8.59. The quantitative estimate of drug-likeness (QED) is 0.914. The average molecular weight is 307 g/mol. The second-order valence-electron chi connectivity index (χ2n) is 4.16. The van der Waals surface area contributed by atoms with Crippen molar-refractivity contribution in [1.29, 1.82) is 0 Å². The Morgan fingerprint density at radius 3 is 2.72 bits per heavy atom. The average Bonchev–Trinajstić information content (AvgIpc) is 2.33. The summed E-state index contributed by atoms with van der Waals surface area (Å²) in [7, 11) is 4.01. The first-order valence-electron chi connectivity index (χ1n) is 5.51. The third kappa shape index (κ3) is 2.92. The second-order valence-corrected chi connectivity index (χ2v) is 5.08. The number of nitrogens with zero attached hydrogens (tertiary/aromatic N) is 2. The molecule has 0 spiro atoms. The molecule has 0 fully saturated rings. The summed E-state index contributed by atoms with van der Waals surface area (Å²) in [6.45, 7) is 0. The summed E-state index contributed by atoms with van der Waals surface area (Å²) >= 11 is 3.34. The van der Waals surface area contributed by atoms with Crippen LogP contribution >= 0.6 is 15.9 Å². The Kier molecular flexibility index (Phi) is 3.72. The molecular weight excluding hydrogens is 292 g/mol. The molecule has 0 unspecified atom stereocenters. The van der Waals surface area contributed by atoms with E-state index in [1.807, 2.05) is 49.3 Å². The number of nitrogens with two attached hydrogens (primary N) is 1. The zero-order valence-electron chi connectivity index (χ0n) is 10.3. The molecule has 0 atom stereocenters. The summed E-state index contributed by atoms with van der Waals surface area (Å²) in [6.07, 6.45) is 1.72. The fourth-order valence-electron chi connectivity index (χ4n) is 1.56. The molecule has 5 heteroatoms. The Bertz CT molecular complexity index is 554. The molecule has 0 bridgehead atoms. The first-order chi connectivity index (χ1) is 8.56. The van der Waals surface area contributed by atoms with Gasteiger partial charge < -0.3 is 16.0 Å². The van der Waals surface area contributed by atoms with Gasteiger partial charge in [-0.2, -0.15) is 0 Å². The van der Waals surface area contributed by atoms with Gasteiger partial charge in [-0.15, -0.1) is 0 Å². The van der Waals surface area contributed by atoms with Crippen LogP contribution in [0.3, 0.4) is 0 Å². The van der Waals surface area contributed by atoms with Crippen LogP contribution in [0.25, 0.3) is 0 Å². The number of hydrogen-bond acceptors (Lipinski definition) is 4. The van der Waals surface area contributed by atoms with Crippen molar-refractivity contribution in [2.75, 3.05) is 30.0 Å². The van der Waals surface area contributed by atoms with Gasteiger partial charge in [0.15, 0.2) is 5.82 Å². The summed E-state index contributed by atoms with van der Waals surface area (Å²) in [4.78, 5) is 6.30. The van der Waals surface area contributed by atoms with Gasteiger partial charge in [0.1, 0.15) is 0 Å². The van der Waals surface area contributed by atoms with E-state index in [-0.39, 0.29) is 0 Å². The van der Waals surface area contributed by atoms with Gasteiger partial charge in [0.25, 0.3) is 0 Å². The van der Waals surface area contributed by atoms with E-state index in [2.05, 4.69) is 26.2 Å². The summed E-state index contributed by atoms with van der Waals surface area (Å²) < 4.78 is 0.868. The van der Waals surface area contributed by atoms with Crippen molar-refractivity contribution in [2.45, 2.75) is 0 Å². The maximum Gasteiger partial charge on any atom is 0.153 e.